The highest BCUT2D eigenvalue weighted by Crippen LogP contribution is 2.31. The Bertz CT molecular complexity index is 900. The SMILES string of the molecule is COc1cccc(Nc2c(C#N)cnc3cc(OC)ccc23)c1. The molecule has 3 aromatic rings. The molecular weight excluding hydrogens is 290 g/mol. The lowest BCUT2D eigenvalue weighted by molar-refractivity contribution is 0.415. The number of nitriles is 1. The Morgan fingerprint density at radius 3 is 2.57 bits per heavy atom. The van der Waals surface area contributed by atoms with Crippen LogP contribution in [0.1, 0.15) is 5.56 Å². The summed E-state index contributed by atoms with van der Waals surface area (Å²) in [5.41, 5.74) is 2.79. The van der Waals surface area contributed by atoms with Gasteiger partial charge in [-0.05, 0) is 24.3 Å². The van der Waals surface area contributed by atoms with Crippen molar-refractivity contribution >= 4 is 22.3 Å². The molecule has 1 heterocycles. The minimum Gasteiger partial charge on any atom is -0.497 e. The number of anilines is 2. The molecular formula is C18H15N3O2. The zero-order chi connectivity index (χ0) is 16.2. The Morgan fingerprint density at radius 1 is 1.04 bits per heavy atom. The van der Waals surface area contributed by atoms with Crippen molar-refractivity contribution in [2.24, 2.45) is 0 Å². The molecule has 5 nitrogen and oxygen atoms in total. The molecule has 5 heteroatoms. The van der Waals surface area contributed by atoms with Crippen LogP contribution in [0.3, 0.4) is 0 Å². The lowest BCUT2D eigenvalue weighted by atomic mass is 10.1. The molecule has 0 fully saturated rings. The van der Waals surface area contributed by atoms with Gasteiger partial charge in [-0.25, -0.2) is 0 Å². The fourth-order valence-electron chi connectivity index (χ4n) is 2.36. The third-order valence-corrected chi connectivity index (χ3v) is 3.54. The first kappa shape index (κ1) is 14.7. The second kappa shape index (κ2) is 6.24. The Morgan fingerprint density at radius 2 is 1.83 bits per heavy atom. The van der Waals surface area contributed by atoms with Gasteiger partial charge in [0.05, 0.1) is 31.0 Å². The molecule has 0 aliphatic carbocycles. The Hall–Kier alpha value is -3.26. The molecule has 0 spiro atoms. The maximum atomic E-state index is 9.38. The van der Waals surface area contributed by atoms with E-state index < -0.39 is 0 Å². The fourth-order valence-corrected chi connectivity index (χ4v) is 2.36. The highest BCUT2D eigenvalue weighted by molar-refractivity contribution is 5.96. The summed E-state index contributed by atoms with van der Waals surface area (Å²) < 4.78 is 10.5. The van der Waals surface area contributed by atoms with Gasteiger partial charge in [0.2, 0.25) is 0 Å². The van der Waals surface area contributed by atoms with E-state index in [2.05, 4.69) is 16.4 Å². The molecule has 0 saturated heterocycles. The number of methoxy groups -OCH3 is 2. The average Bonchev–Trinajstić information content (AvgIpc) is 2.61. The zero-order valence-electron chi connectivity index (χ0n) is 12.8. The third kappa shape index (κ3) is 2.87. The maximum Gasteiger partial charge on any atom is 0.121 e. The number of benzene rings is 2. The number of pyridine rings is 1. The number of ether oxygens (including phenoxy) is 2. The van der Waals surface area contributed by atoms with Crippen LogP contribution in [-0.2, 0) is 0 Å². The summed E-state index contributed by atoms with van der Waals surface area (Å²) in [6, 6.07) is 15.3. The smallest absolute Gasteiger partial charge is 0.121 e. The van der Waals surface area contributed by atoms with E-state index in [1.165, 1.54) is 0 Å². The van der Waals surface area contributed by atoms with E-state index in [-0.39, 0.29) is 0 Å². The van der Waals surface area contributed by atoms with E-state index in [1.54, 1.807) is 20.4 Å². The van der Waals surface area contributed by atoms with E-state index in [0.29, 0.717) is 11.3 Å². The molecule has 0 saturated carbocycles. The second-order valence-corrected chi connectivity index (χ2v) is 4.90. The van der Waals surface area contributed by atoms with Crippen LogP contribution in [0.2, 0.25) is 0 Å². The van der Waals surface area contributed by atoms with Crippen molar-refractivity contribution in [1.82, 2.24) is 4.98 Å². The van der Waals surface area contributed by atoms with Crippen LogP contribution in [0.5, 0.6) is 11.5 Å². The molecule has 0 aliphatic heterocycles. The van der Waals surface area contributed by atoms with Crippen LogP contribution in [0, 0.1) is 11.3 Å². The van der Waals surface area contributed by atoms with Gasteiger partial charge in [-0.3, -0.25) is 4.98 Å². The Labute approximate surface area is 134 Å². The van der Waals surface area contributed by atoms with Crippen LogP contribution >= 0.6 is 0 Å². The molecule has 0 atom stereocenters. The summed E-state index contributed by atoms with van der Waals surface area (Å²) in [5, 5.41) is 13.5. The maximum absolute atomic E-state index is 9.38. The van der Waals surface area contributed by atoms with Gasteiger partial charge in [-0.2, -0.15) is 5.26 Å². The van der Waals surface area contributed by atoms with Crippen LogP contribution in [-0.4, -0.2) is 19.2 Å². The first-order valence-electron chi connectivity index (χ1n) is 7.03. The van der Waals surface area contributed by atoms with Crippen molar-refractivity contribution in [3.8, 4) is 17.6 Å². The molecule has 2 aromatic carbocycles. The van der Waals surface area contributed by atoms with Gasteiger partial charge in [-0.15, -0.1) is 0 Å². The van der Waals surface area contributed by atoms with Crippen LogP contribution in [0.25, 0.3) is 10.9 Å². The first-order chi connectivity index (χ1) is 11.2. The summed E-state index contributed by atoms with van der Waals surface area (Å²) in [6.07, 6.45) is 1.56. The average molecular weight is 305 g/mol. The number of hydrogen-bond acceptors (Lipinski definition) is 5. The summed E-state index contributed by atoms with van der Waals surface area (Å²) in [6.45, 7) is 0. The molecule has 0 bridgehead atoms. The first-order valence-corrected chi connectivity index (χ1v) is 7.03. The number of hydrogen-bond donors (Lipinski definition) is 1. The second-order valence-electron chi connectivity index (χ2n) is 4.90. The molecule has 1 N–H and O–H groups in total. The summed E-state index contributed by atoms with van der Waals surface area (Å²) in [5.74, 6) is 1.47. The zero-order valence-corrected chi connectivity index (χ0v) is 12.8. The van der Waals surface area contributed by atoms with E-state index in [4.69, 9.17) is 9.47 Å². The van der Waals surface area contributed by atoms with Crippen molar-refractivity contribution in [2.75, 3.05) is 19.5 Å². The highest BCUT2D eigenvalue weighted by atomic mass is 16.5. The van der Waals surface area contributed by atoms with Gasteiger partial charge in [0.15, 0.2) is 0 Å². The number of aromatic nitrogens is 1. The number of nitrogens with one attached hydrogen (secondary N) is 1. The molecule has 23 heavy (non-hydrogen) atoms. The summed E-state index contributed by atoms with van der Waals surface area (Å²) in [7, 11) is 3.23. The van der Waals surface area contributed by atoms with E-state index >= 15 is 0 Å². The normalized spacial score (nSPS) is 10.1. The largest absolute Gasteiger partial charge is 0.497 e. The summed E-state index contributed by atoms with van der Waals surface area (Å²) >= 11 is 0. The van der Waals surface area contributed by atoms with E-state index in [0.717, 1.165) is 28.1 Å². The van der Waals surface area contributed by atoms with Gasteiger partial charge < -0.3 is 14.8 Å². The Balaban J connectivity index is 2.12. The lowest BCUT2D eigenvalue weighted by Gasteiger charge is -2.13. The molecule has 0 aliphatic rings. The topological polar surface area (TPSA) is 67.2 Å². The molecule has 0 amide bonds. The van der Waals surface area contributed by atoms with Crippen LogP contribution < -0.4 is 14.8 Å². The minimum absolute atomic E-state index is 0.477. The molecule has 1 aromatic heterocycles. The monoisotopic (exact) mass is 305 g/mol. The van der Waals surface area contributed by atoms with Crippen LogP contribution in [0.4, 0.5) is 11.4 Å². The lowest BCUT2D eigenvalue weighted by Crippen LogP contribution is -1.97. The third-order valence-electron chi connectivity index (χ3n) is 3.54. The molecule has 0 unspecified atom stereocenters. The minimum atomic E-state index is 0.477. The number of rotatable bonds is 4. The van der Waals surface area contributed by atoms with E-state index in [1.807, 2.05) is 42.5 Å². The number of fused-ring (bicyclic) bond motifs is 1. The standard InChI is InChI=1S/C18H15N3O2/c1-22-14-5-3-4-13(8-14)21-18-12(10-19)11-20-17-9-15(23-2)6-7-16(17)18/h3-9,11H,1-2H3,(H,20,21). The van der Waals surface area contributed by atoms with Gasteiger partial charge >= 0.3 is 0 Å². The quantitative estimate of drug-likeness (QED) is 0.792. The number of nitrogens with zero attached hydrogens (tertiary/aromatic N) is 2. The van der Waals surface area contributed by atoms with Crippen molar-refractivity contribution in [3.63, 3.8) is 0 Å². The Kier molecular flexibility index (Phi) is 3.98. The van der Waals surface area contributed by atoms with E-state index in [9.17, 15) is 5.26 Å². The molecule has 3 rings (SSSR count). The van der Waals surface area contributed by atoms with Gasteiger partial charge in [-0.1, -0.05) is 6.07 Å². The fraction of sp³-hybridized carbons (Fsp3) is 0.111. The predicted molar refractivity (Wildman–Crippen MR) is 89.3 cm³/mol. The predicted octanol–water partition coefficient (Wildman–Crippen LogP) is 3.87. The van der Waals surface area contributed by atoms with Crippen LogP contribution in [0.15, 0.2) is 48.7 Å². The van der Waals surface area contributed by atoms with Gasteiger partial charge in [0.1, 0.15) is 17.6 Å². The van der Waals surface area contributed by atoms with Crippen molar-refractivity contribution < 1.29 is 9.47 Å². The van der Waals surface area contributed by atoms with Gasteiger partial charge in [0.25, 0.3) is 0 Å². The molecule has 114 valence electrons. The van der Waals surface area contributed by atoms with Crippen molar-refractivity contribution in [3.05, 3.63) is 54.2 Å². The van der Waals surface area contributed by atoms with Crippen molar-refractivity contribution in [2.45, 2.75) is 0 Å². The van der Waals surface area contributed by atoms with Crippen molar-refractivity contribution in [1.29, 1.82) is 5.26 Å². The van der Waals surface area contributed by atoms with Gasteiger partial charge in [0, 0.05) is 29.4 Å². The molecule has 0 radical (unpaired) electrons. The highest BCUT2D eigenvalue weighted by Gasteiger charge is 2.10. The summed E-state index contributed by atoms with van der Waals surface area (Å²) in [4.78, 5) is 4.33.